The molecule has 174 valence electrons. The molecule has 1 heterocycles. The predicted molar refractivity (Wildman–Crippen MR) is 135 cm³/mol. The normalized spacial score (nSPS) is 10.9. The smallest absolute Gasteiger partial charge is 0.263 e. The molecule has 0 aliphatic heterocycles. The van der Waals surface area contributed by atoms with Crippen LogP contribution in [0.2, 0.25) is 0 Å². The Bertz CT molecular complexity index is 1390. The molecule has 4 rings (SSSR count). The fourth-order valence-electron chi connectivity index (χ4n) is 4.23. The van der Waals surface area contributed by atoms with Crippen LogP contribution in [0.25, 0.3) is 10.9 Å². The van der Waals surface area contributed by atoms with Crippen molar-refractivity contribution >= 4 is 22.5 Å². The number of benzene rings is 3. The quantitative estimate of drug-likeness (QED) is 0.428. The fourth-order valence-corrected chi connectivity index (χ4v) is 4.23. The topological polar surface area (TPSA) is 71.8 Å². The Labute approximate surface area is 198 Å². The molecule has 34 heavy (non-hydrogen) atoms. The van der Waals surface area contributed by atoms with Gasteiger partial charge in [0.15, 0.2) is 0 Å². The lowest BCUT2D eigenvalue weighted by atomic mass is 10.0. The summed E-state index contributed by atoms with van der Waals surface area (Å²) in [5.74, 6) is 0.554. The van der Waals surface area contributed by atoms with E-state index in [2.05, 4.69) is 0 Å². The molecule has 0 unspecified atom stereocenters. The van der Waals surface area contributed by atoms with Crippen LogP contribution in [0.15, 0.2) is 77.6 Å². The summed E-state index contributed by atoms with van der Waals surface area (Å²) in [6.45, 7) is 4.71. The zero-order valence-electron chi connectivity index (χ0n) is 19.6. The van der Waals surface area contributed by atoms with Crippen molar-refractivity contribution in [3.05, 3.63) is 99.8 Å². The summed E-state index contributed by atoms with van der Waals surface area (Å²) in [7, 11) is 1.64. The van der Waals surface area contributed by atoms with E-state index in [9.17, 15) is 14.7 Å². The van der Waals surface area contributed by atoms with Crippen LogP contribution in [0.5, 0.6) is 11.5 Å². The number of pyridine rings is 1. The zero-order chi connectivity index (χ0) is 24.2. The van der Waals surface area contributed by atoms with Gasteiger partial charge in [-0.2, -0.15) is 0 Å². The van der Waals surface area contributed by atoms with Crippen LogP contribution in [0.1, 0.15) is 28.4 Å². The highest BCUT2D eigenvalue weighted by atomic mass is 16.5. The van der Waals surface area contributed by atoms with Crippen LogP contribution in [-0.4, -0.2) is 29.2 Å². The minimum Gasteiger partial charge on any atom is -0.508 e. The molecular formula is C28H28N2O4. The summed E-state index contributed by atoms with van der Waals surface area (Å²) in [6.07, 6.45) is 0.646. The van der Waals surface area contributed by atoms with Crippen LogP contribution in [0.4, 0.5) is 5.69 Å². The molecule has 1 amide bonds. The maximum atomic E-state index is 13.6. The summed E-state index contributed by atoms with van der Waals surface area (Å²) in [4.78, 5) is 28.6. The third kappa shape index (κ3) is 4.53. The van der Waals surface area contributed by atoms with Crippen LogP contribution < -0.4 is 15.2 Å². The highest BCUT2D eigenvalue weighted by molar-refractivity contribution is 6.07. The van der Waals surface area contributed by atoms with Gasteiger partial charge in [0.05, 0.1) is 12.6 Å². The number of aromatic nitrogens is 1. The number of anilines is 1. The number of rotatable bonds is 7. The molecule has 3 aromatic carbocycles. The number of nitrogens with zero attached hydrogens (tertiary/aromatic N) is 2. The number of aryl methyl sites for hydroxylation is 3. The number of amides is 1. The molecule has 0 bridgehead atoms. The van der Waals surface area contributed by atoms with Gasteiger partial charge in [-0.3, -0.25) is 9.59 Å². The second kappa shape index (κ2) is 9.83. The van der Waals surface area contributed by atoms with Crippen LogP contribution in [0.3, 0.4) is 0 Å². The Morgan fingerprint density at radius 2 is 1.76 bits per heavy atom. The number of carbonyl (C=O) groups excluding carboxylic acids is 1. The molecule has 0 saturated carbocycles. The van der Waals surface area contributed by atoms with E-state index in [-0.39, 0.29) is 22.8 Å². The van der Waals surface area contributed by atoms with Crippen LogP contribution in [0, 0.1) is 6.92 Å². The fraction of sp³-hybridized carbons (Fsp3) is 0.214. The van der Waals surface area contributed by atoms with Gasteiger partial charge < -0.3 is 19.3 Å². The largest absolute Gasteiger partial charge is 0.508 e. The number of ether oxygens (including phenoxy) is 1. The molecule has 6 nitrogen and oxygen atoms in total. The molecule has 0 radical (unpaired) electrons. The molecule has 4 aromatic rings. The van der Waals surface area contributed by atoms with Crippen molar-refractivity contribution in [2.45, 2.75) is 26.8 Å². The molecule has 1 aromatic heterocycles. The van der Waals surface area contributed by atoms with Gasteiger partial charge in [-0.1, -0.05) is 24.3 Å². The van der Waals surface area contributed by atoms with Crippen LogP contribution in [-0.2, 0) is 13.0 Å². The number of phenols is 1. The summed E-state index contributed by atoms with van der Waals surface area (Å²) in [6, 6.07) is 21.6. The van der Waals surface area contributed by atoms with E-state index in [0.717, 1.165) is 27.8 Å². The molecular weight excluding hydrogens is 428 g/mol. The van der Waals surface area contributed by atoms with Gasteiger partial charge >= 0.3 is 0 Å². The second-order valence-corrected chi connectivity index (χ2v) is 8.18. The molecule has 1 N–H and O–H groups in total. The lowest BCUT2D eigenvalue weighted by Gasteiger charge is -2.22. The Morgan fingerprint density at radius 3 is 2.44 bits per heavy atom. The Balaban J connectivity index is 1.74. The van der Waals surface area contributed by atoms with Gasteiger partial charge in [0.25, 0.3) is 11.5 Å². The molecule has 0 saturated heterocycles. The van der Waals surface area contributed by atoms with Crippen molar-refractivity contribution in [2.24, 2.45) is 0 Å². The highest BCUT2D eigenvalue weighted by Gasteiger charge is 2.22. The van der Waals surface area contributed by atoms with E-state index >= 15 is 0 Å². The predicted octanol–water partition coefficient (Wildman–Crippen LogP) is 4.93. The van der Waals surface area contributed by atoms with Gasteiger partial charge in [0.1, 0.15) is 17.1 Å². The SMILES string of the molecule is CCN(C(=O)c1cc2ccccc2n(CCc2ccc(OC)cc2C)c1=O)c1ccc(O)cc1. The Hall–Kier alpha value is -4.06. The third-order valence-electron chi connectivity index (χ3n) is 6.11. The van der Waals surface area contributed by atoms with E-state index in [1.807, 2.05) is 56.3 Å². The molecule has 0 fully saturated rings. The monoisotopic (exact) mass is 456 g/mol. The first-order valence-electron chi connectivity index (χ1n) is 11.3. The summed E-state index contributed by atoms with van der Waals surface area (Å²) < 4.78 is 6.99. The highest BCUT2D eigenvalue weighted by Crippen LogP contribution is 2.22. The first kappa shape index (κ1) is 23.1. The molecule has 0 atom stereocenters. The maximum Gasteiger partial charge on any atom is 0.263 e. The van der Waals surface area contributed by atoms with Gasteiger partial charge in [-0.15, -0.1) is 0 Å². The number of methoxy groups -OCH3 is 1. The first-order chi connectivity index (χ1) is 16.4. The van der Waals surface area contributed by atoms with E-state index < -0.39 is 0 Å². The van der Waals surface area contributed by atoms with Gasteiger partial charge in [0.2, 0.25) is 0 Å². The number of carbonyl (C=O) groups is 1. The minimum absolute atomic E-state index is 0.120. The average Bonchev–Trinajstić information content (AvgIpc) is 2.85. The summed E-state index contributed by atoms with van der Waals surface area (Å²) in [5.41, 5.74) is 3.44. The minimum atomic E-state index is -0.363. The molecule has 0 aliphatic rings. The molecule has 0 spiro atoms. The first-order valence-corrected chi connectivity index (χ1v) is 11.3. The lowest BCUT2D eigenvalue weighted by molar-refractivity contribution is 0.0986. The van der Waals surface area contributed by atoms with Crippen molar-refractivity contribution in [3.63, 3.8) is 0 Å². The number of hydrogen-bond acceptors (Lipinski definition) is 4. The summed E-state index contributed by atoms with van der Waals surface area (Å²) >= 11 is 0. The Morgan fingerprint density at radius 1 is 1.03 bits per heavy atom. The third-order valence-corrected chi connectivity index (χ3v) is 6.11. The number of phenolic OH excluding ortho intramolecular Hbond substituents is 1. The van der Waals surface area contributed by atoms with E-state index in [0.29, 0.717) is 25.2 Å². The standard InChI is InChI=1S/C28H28N2O4/c1-4-29(22-10-12-23(31)13-11-22)27(32)25-18-21-7-5-6-8-26(21)30(28(25)33)16-15-20-9-14-24(34-3)17-19(20)2/h5-14,17-18,31H,4,15-16H2,1-3H3. The maximum absolute atomic E-state index is 13.6. The lowest BCUT2D eigenvalue weighted by Crippen LogP contribution is -2.37. The van der Waals surface area contributed by atoms with E-state index in [1.54, 1.807) is 34.8 Å². The summed E-state index contributed by atoms with van der Waals surface area (Å²) in [5, 5.41) is 10.4. The number of para-hydroxylation sites is 1. The van der Waals surface area contributed by atoms with Gasteiger partial charge in [-0.25, -0.2) is 0 Å². The van der Waals surface area contributed by atoms with Crippen molar-refractivity contribution in [2.75, 3.05) is 18.6 Å². The van der Waals surface area contributed by atoms with Crippen molar-refractivity contribution in [1.29, 1.82) is 0 Å². The van der Waals surface area contributed by atoms with Crippen molar-refractivity contribution < 1.29 is 14.6 Å². The molecule has 0 aliphatic carbocycles. The van der Waals surface area contributed by atoms with Gasteiger partial charge in [0, 0.05) is 18.8 Å². The number of hydrogen-bond donors (Lipinski definition) is 1. The van der Waals surface area contributed by atoms with Gasteiger partial charge in [-0.05, 0) is 85.3 Å². The average molecular weight is 457 g/mol. The van der Waals surface area contributed by atoms with Crippen molar-refractivity contribution in [3.8, 4) is 11.5 Å². The van der Waals surface area contributed by atoms with E-state index in [4.69, 9.17) is 4.74 Å². The number of aromatic hydroxyl groups is 1. The Kier molecular flexibility index (Phi) is 6.68. The second-order valence-electron chi connectivity index (χ2n) is 8.18. The molecule has 6 heteroatoms. The van der Waals surface area contributed by atoms with Crippen LogP contribution >= 0.6 is 0 Å². The number of fused-ring (bicyclic) bond motifs is 1. The van der Waals surface area contributed by atoms with Crippen molar-refractivity contribution in [1.82, 2.24) is 4.57 Å². The van der Waals surface area contributed by atoms with E-state index in [1.165, 1.54) is 12.1 Å². The zero-order valence-corrected chi connectivity index (χ0v) is 19.6.